The minimum atomic E-state index is -3.39. The van der Waals surface area contributed by atoms with Crippen LogP contribution in [0.3, 0.4) is 0 Å². The van der Waals surface area contributed by atoms with Gasteiger partial charge < -0.3 is 0 Å². The predicted octanol–water partition coefficient (Wildman–Crippen LogP) is -0.228. The number of sulfone groups is 2. The Kier molecular flexibility index (Phi) is 1.44. The minimum Gasteiger partial charge on any atom is -0.220 e. The molecule has 0 aliphatic carbocycles. The van der Waals surface area contributed by atoms with Crippen LogP contribution in [0.1, 0.15) is 0 Å². The third-order valence-electron chi connectivity index (χ3n) is 0.870. The standard InChI is InChI=1S/C4H4O4S2/c5-9(6)1-2-10(7,8)4-3-9/h1-4H. The van der Waals surface area contributed by atoms with E-state index in [2.05, 4.69) is 0 Å². The van der Waals surface area contributed by atoms with Crippen molar-refractivity contribution in [2.75, 3.05) is 0 Å². The van der Waals surface area contributed by atoms with Gasteiger partial charge in [-0.1, -0.05) is 0 Å². The maximum absolute atomic E-state index is 10.5. The number of hydrogen-bond acceptors (Lipinski definition) is 4. The Morgan fingerprint density at radius 2 is 0.800 bits per heavy atom. The molecule has 0 aromatic rings. The van der Waals surface area contributed by atoms with Crippen LogP contribution in [0.2, 0.25) is 0 Å². The van der Waals surface area contributed by atoms with E-state index in [0.717, 1.165) is 0 Å². The van der Waals surface area contributed by atoms with Crippen LogP contribution in [0, 0.1) is 0 Å². The Hall–Kier alpha value is -0.620. The Balaban J connectivity index is 3.29. The highest BCUT2D eigenvalue weighted by molar-refractivity contribution is 8.03. The van der Waals surface area contributed by atoms with Gasteiger partial charge >= 0.3 is 0 Å². The molecule has 0 unspecified atom stereocenters. The molecule has 0 aromatic carbocycles. The molecule has 0 fully saturated rings. The molecule has 4 nitrogen and oxygen atoms in total. The lowest BCUT2D eigenvalue weighted by atomic mass is 11.2. The second kappa shape index (κ2) is 1.93. The van der Waals surface area contributed by atoms with Gasteiger partial charge in [0.25, 0.3) is 0 Å². The lowest BCUT2D eigenvalue weighted by Gasteiger charge is -1.94. The van der Waals surface area contributed by atoms with Crippen LogP contribution in [0.5, 0.6) is 0 Å². The summed E-state index contributed by atoms with van der Waals surface area (Å²) in [6.45, 7) is 0. The molecule has 1 rings (SSSR count). The summed E-state index contributed by atoms with van der Waals surface area (Å²) in [6.07, 6.45) is 0. The Labute approximate surface area is 58.7 Å². The molecule has 0 saturated carbocycles. The lowest BCUT2D eigenvalue weighted by molar-refractivity contribution is 0.606. The van der Waals surface area contributed by atoms with E-state index in [1.165, 1.54) is 0 Å². The fourth-order valence-corrected chi connectivity index (χ4v) is 3.06. The lowest BCUT2D eigenvalue weighted by Crippen LogP contribution is -1.99. The van der Waals surface area contributed by atoms with Gasteiger partial charge in [0, 0.05) is 21.6 Å². The average Bonchev–Trinajstić information content (AvgIpc) is 1.79. The summed E-state index contributed by atoms with van der Waals surface area (Å²) < 4.78 is 42.0. The van der Waals surface area contributed by atoms with Crippen molar-refractivity contribution in [2.45, 2.75) is 0 Å². The van der Waals surface area contributed by atoms with Crippen LogP contribution in [0.25, 0.3) is 0 Å². The Bertz CT molecular complexity index is 317. The van der Waals surface area contributed by atoms with Crippen molar-refractivity contribution in [3.63, 3.8) is 0 Å². The molecule has 0 aromatic heterocycles. The second-order valence-electron chi connectivity index (χ2n) is 1.72. The SMILES string of the molecule is O=S1(=O)C=CS(=O)(=O)C=C1. The van der Waals surface area contributed by atoms with Crippen LogP contribution in [-0.4, -0.2) is 16.8 Å². The summed E-state index contributed by atoms with van der Waals surface area (Å²) in [5.41, 5.74) is 0. The molecule has 10 heavy (non-hydrogen) atoms. The molecule has 1 aliphatic heterocycles. The van der Waals surface area contributed by atoms with Crippen LogP contribution < -0.4 is 0 Å². The van der Waals surface area contributed by atoms with E-state index in [0.29, 0.717) is 21.6 Å². The zero-order chi connectivity index (χ0) is 7.83. The van der Waals surface area contributed by atoms with Gasteiger partial charge in [-0.05, 0) is 0 Å². The van der Waals surface area contributed by atoms with E-state index in [-0.39, 0.29) is 0 Å². The second-order valence-corrected chi connectivity index (χ2v) is 5.17. The molecule has 0 amide bonds. The highest BCUT2D eigenvalue weighted by Gasteiger charge is 2.11. The number of hydrogen-bond donors (Lipinski definition) is 0. The van der Waals surface area contributed by atoms with Crippen molar-refractivity contribution in [1.82, 2.24) is 0 Å². The van der Waals surface area contributed by atoms with E-state index in [4.69, 9.17) is 0 Å². The van der Waals surface area contributed by atoms with Gasteiger partial charge in [0.15, 0.2) is 19.7 Å². The van der Waals surface area contributed by atoms with Crippen LogP contribution >= 0.6 is 0 Å². The molecule has 0 atom stereocenters. The maximum atomic E-state index is 10.5. The molecule has 56 valence electrons. The molecule has 6 heteroatoms. The molecule has 0 N–H and O–H groups in total. The van der Waals surface area contributed by atoms with Gasteiger partial charge in [-0.3, -0.25) is 0 Å². The minimum absolute atomic E-state index is 0.655. The molecular formula is C4H4O4S2. The summed E-state index contributed by atoms with van der Waals surface area (Å²) in [4.78, 5) is 0. The summed E-state index contributed by atoms with van der Waals surface area (Å²) >= 11 is 0. The van der Waals surface area contributed by atoms with E-state index >= 15 is 0 Å². The first-order valence-corrected chi connectivity index (χ1v) is 5.50. The van der Waals surface area contributed by atoms with E-state index < -0.39 is 19.7 Å². The van der Waals surface area contributed by atoms with E-state index in [1.807, 2.05) is 0 Å². The molecule has 1 heterocycles. The predicted molar refractivity (Wildman–Crippen MR) is 36.1 cm³/mol. The zero-order valence-electron chi connectivity index (χ0n) is 4.76. The fourth-order valence-electron chi connectivity index (χ4n) is 0.400. The van der Waals surface area contributed by atoms with Crippen LogP contribution in [0.15, 0.2) is 21.6 Å². The average molecular weight is 180 g/mol. The molecule has 0 saturated heterocycles. The molecule has 0 bridgehead atoms. The third-order valence-corrected chi connectivity index (χ3v) is 3.28. The summed E-state index contributed by atoms with van der Waals surface area (Å²) in [5.74, 6) is 0. The van der Waals surface area contributed by atoms with Gasteiger partial charge in [-0.2, -0.15) is 0 Å². The van der Waals surface area contributed by atoms with Crippen molar-refractivity contribution in [2.24, 2.45) is 0 Å². The molecule has 0 spiro atoms. The van der Waals surface area contributed by atoms with Gasteiger partial charge in [0.05, 0.1) is 0 Å². The van der Waals surface area contributed by atoms with Crippen molar-refractivity contribution in [3.8, 4) is 0 Å². The maximum Gasteiger partial charge on any atom is 0.194 e. The van der Waals surface area contributed by atoms with Crippen molar-refractivity contribution in [3.05, 3.63) is 21.6 Å². The smallest absolute Gasteiger partial charge is 0.194 e. The summed E-state index contributed by atoms with van der Waals surface area (Å²) in [6, 6.07) is 0. The van der Waals surface area contributed by atoms with E-state index in [1.54, 1.807) is 0 Å². The summed E-state index contributed by atoms with van der Waals surface area (Å²) in [7, 11) is -6.79. The molecule has 1 aliphatic rings. The monoisotopic (exact) mass is 180 g/mol. The fraction of sp³-hybridized carbons (Fsp3) is 0. The first-order chi connectivity index (χ1) is 4.41. The Morgan fingerprint density at radius 1 is 0.600 bits per heavy atom. The van der Waals surface area contributed by atoms with Gasteiger partial charge in [-0.25, -0.2) is 16.8 Å². The highest BCUT2D eigenvalue weighted by atomic mass is 32.2. The van der Waals surface area contributed by atoms with Crippen molar-refractivity contribution < 1.29 is 16.8 Å². The third kappa shape index (κ3) is 1.68. The van der Waals surface area contributed by atoms with Gasteiger partial charge in [0.2, 0.25) is 0 Å². The zero-order valence-corrected chi connectivity index (χ0v) is 6.39. The first kappa shape index (κ1) is 7.49. The van der Waals surface area contributed by atoms with E-state index in [9.17, 15) is 16.8 Å². The van der Waals surface area contributed by atoms with Crippen LogP contribution in [0.4, 0.5) is 0 Å². The van der Waals surface area contributed by atoms with Gasteiger partial charge in [0.1, 0.15) is 0 Å². The van der Waals surface area contributed by atoms with Crippen molar-refractivity contribution in [1.29, 1.82) is 0 Å². The first-order valence-electron chi connectivity index (χ1n) is 2.28. The topological polar surface area (TPSA) is 68.3 Å². The normalized spacial score (nSPS) is 26.4. The van der Waals surface area contributed by atoms with Crippen molar-refractivity contribution >= 4 is 19.7 Å². The number of rotatable bonds is 0. The Morgan fingerprint density at radius 3 is 1.00 bits per heavy atom. The van der Waals surface area contributed by atoms with Gasteiger partial charge in [-0.15, -0.1) is 0 Å². The highest BCUT2D eigenvalue weighted by Crippen LogP contribution is 2.07. The summed E-state index contributed by atoms with van der Waals surface area (Å²) in [5, 5.41) is 2.62. The van der Waals surface area contributed by atoms with Crippen LogP contribution in [-0.2, 0) is 19.7 Å². The largest absolute Gasteiger partial charge is 0.220 e. The quantitative estimate of drug-likeness (QED) is 0.516. The molecular weight excluding hydrogens is 176 g/mol. The molecule has 0 radical (unpaired) electrons.